The number of aromatic nitrogens is 3. The van der Waals surface area contributed by atoms with Crippen molar-refractivity contribution in [1.82, 2.24) is 29.4 Å². The van der Waals surface area contributed by atoms with Crippen LogP contribution in [-0.4, -0.2) is 150 Å². The van der Waals surface area contributed by atoms with E-state index in [9.17, 15) is 39.6 Å². The fourth-order valence-electron chi connectivity index (χ4n) is 8.21. The quantitative estimate of drug-likeness (QED) is 0.114. The van der Waals surface area contributed by atoms with Crippen LogP contribution in [0, 0.1) is 17.8 Å². The third-order valence-corrected chi connectivity index (χ3v) is 22.5. The molecule has 0 radical (unpaired) electrons. The summed E-state index contributed by atoms with van der Waals surface area (Å²) in [6, 6.07) is 5.46. The van der Waals surface area contributed by atoms with Gasteiger partial charge in [0.25, 0.3) is 0 Å². The summed E-state index contributed by atoms with van der Waals surface area (Å²) >= 11 is 3.37. The fourth-order valence-corrected chi connectivity index (χ4v) is 14.1. The monoisotopic (exact) mass is 1160 g/mol. The van der Waals surface area contributed by atoms with Gasteiger partial charge in [0.05, 0.1) is 64.1 Å². The van der Waals surface area contributed by atoms with Gasteiger partial charge in [0.15, 0.2) is 27.2 Å². The number of hydrogen-bond acceptors (Lipinski definition) is 18. The molecule has 0 saturated carbocycles. The summed E-state index contributed by atoms with van der Waals surface area (Å²) in [5.74, 6) is 4.37. The van der Waals surface area contributed by atoms with Gasteiger partial charge in [-0.3, -0.25) is 14.4 Å². The van der Waals surface area contributed by atoms with Gasteiger partial charge in [-0.2, -0.15) is 0 Å². The molecular formula is C53H88N6O12S5. The van der Waals surface area contributed by atoms with Crippen LogP contribution in [-0.2, 0) is 79.8 Å². The van der Waals surface area contributed by atoms with Crippen molar-refractivity contribution < 1.29 is 53.2 Å². The Bertz CT molecular complexity index is 2790. The van der Waals surface area contributed by atoms with Crippen molar-refractivity contribution in [2.24, 2.45) is 17.8 Å². The Balaban J connectivity index is 0.000000248. The minimum Gasteiger partial charge on any atom is -0.361 e. The number of rotatable bonds is 20. The number of thioether (sulfide) groups is 2. The Hall–Kier alpha value is -2.93. The van der Waals surface area contributed by atoms with Gasteiger partial charge < -0.3 is 18.9 Å². The van der Waals surface area contributed by atoms with Crippen molar-refractivity contribution in [3.8, 4) is 0 Å². The standard InChI is InChI=1S/C18H30N2O6S2.C18H30N2O4S2.C17H28N2O2S/c1-17(2,3)16-10-14(19-26-16)9-15(21)18(4,5)28(24,25)12-13-7-8-20(11-13)27(6,22)23;1-17(2,3)16-10-14(19-24-16)9-15(21)18(4,5)25-12-13-7-8-20(11-13)26(6,22)23;1-16(2,3)15-9-13(19-21-15)8-14(20)17(4,5)22-11-12-6-7-18-10-12/h10,13H,7-9,11-12H2,1-6H3;10,13H,7-9,11-12H2,1-6H3;9,12,18H,6-8,10-11H2,1-5H3. The fraction of sp³-hybridized carbons (Fsp3) is 0.774. The number of sulfone groups is 1. The highest BCUT2D eigenvalue weighted by molar-refractivity contribution is 8.01. The normalized spacial score (nSPS) is 19.8. The molecule has 76 heavy (non-hydrogen) atoms. The second-order valence-corrected chi connectivity index (χ2v) is 35.3. The van der Waals surface area contributed by atoms with Gasteiger partial charge in [0.2, 0.25) is 20.0 Å². The lowest BCUT2D eigenvalue weighted by atomic mass is 9.92. The molecule has 3 unspecified atom stereocenters. The number of carbonyl (C=O) groups is 3. The average Bonchev–Trinajstić information content (AvgIpc) is 4.13. The zero-order chi connectivity index (χ0) is 57.7. The molecule has 3 atom stereocenters. The Morgan fingerprint density at radius 3 is 1.24 bits per heavy atom. The van der Waals surface area contributed by atoms with E-state index in [1.54, 1.807) is 29.6 Å². The molecule has 432 valence electrons. The maximum absolute atomic E-state index is 12.9. The second kappa shape index (κ2) is 25.2. The third-order valence-electron chi connectivity index (χ3n) is 14.1. The summed E-state index contributed by atoms with van der Waals surface area (Å²) in [6.45, 7) is 32.7. The highest BCUT2D eigenvalue weighted by atomic mass is 32.2. The van der Waals surface area contributed by atoms with E-state index in [2.05, 4.69) is 41.6 Å². The first-order chi connectivity index (χ1) is 34.5. The molecule has 0 spiro atoms. The van der Waals surface area contributed by atoms with E-state index in [0.717, 1.165) is 54.5 Å². The number of Topliss-reactive ketones (excluding diaryl/α,β-unsaturated/α-hetero) is 3. The van der Waals surface area contributed by atoms with Crippen LogP contribution in [0.5, 0.6) is 0 Å². The molecule has 6 rings (SSSR count). The first-order valence-corrected chi connectivity index (χ1v) is 33.4. The topological polar surface area (TPSA) is 250 Å². The summed E-state index contributed by atoms with van der Waals surface area (Å²) in [7, 11) is -10.2. The SMILES string of the molecule is CC(C)(C)c1cc(CC(=O)C(C)(C)S(=O)(=O)CC2CCN(S(C)(=O)=O)C2)no1.CC(C)(SCC1CCN(S(C)(=O)=O)C1)C(=O)Cc1cc(C(C)(C)C)on1.CC(C)(SCC1CCNC1)C(=O)Cc1cc(C(C)(C)C)on1. The lowest BCUT2D eigenvalue weighted by molar-refractivity contribution is -0.121. The number of hydrogen-bond donors (Lipinski definition) is 1. The van der Waals surface area contributed by atoms with E-state index in [-0.39, 0.29) is 63.6 Å². The molecule has 3 saturated heterocycles. The highest BCUT2D eigenvalue weighted by Gasteiger charge is 2.44. The van der Waals surface area contributed by atoms with Gasteiger partial charge in [-0.15, -0.1) is 23.5 Å². The number of ketones is 3. The third kappa shape index (κ3) is 19.1. The van der Waals surface area contributed by atoms with Gasteiger partial charge in [-0.25, -0.2) is 33.9 Å². The van der Waals surface area contributed by atoms with Crippen LogP contribution in [0.25, 0.3) is 0 Å². The lowest BCUT2D eigenvalue weighted by Crippen LogP contribution is -2.44. The van der Waals surface area contributed by atoms with Gasteiger partial charge in [-0.05, 0) is 103 Å². The summed E-state index contributed by atoms with van der Waals surface area (Å²) in [5.41, 5.74) is 1.34. The first-order valence-electron chi connectivity index (χ1n) is 26.1. The minimum atomic E-state index is -3.78. The van der Waals surface area contributed by atoms with Crippen LogP contribution in [0.2, 0.25) is 0 Å². The minimum absolute atomic E-state index is 0.0754. The lowest BCUT2D eigenvalue weighted by Gasteiger charge is -2.25. The second-order valence-electron chi connectivity index (χ2n) is 25.4. The summed E-state index contributed by atoms with van der Waals surface area (Å²) < 4.78 is 88.6. The molecule has 0 amide bonds. The van der Waals surface area contributed by atoms with Gasteiger partial charge >= 0.3 is 0 Å². The van der Waals surface area contributed by atoms with Crippen molar-refractivity contribution in [3.63, 3.8) is 0 Å². The molecule has 3 aromatic rings. The highest BCUT2D eigenvalue weighted by Crippen LogP contribution is 2.34. The molecule has 0 bridgehead atoms. The maximum atomic E-state index is 12.9. The first kappa shape index (κ1) is 65.6. The van der Waals surface area contributed by atoms with Gasteiger partial charge in [-0.1, -0.05) is 77.8 Å². The zero-order valence-electron chi connectivity index (χ0n) is 48.2. The van der Waals surface area contributed by atoms with Gasteiger partial charge in [0.1, 0.15) is 22.0 Å². The van der Waals surface area contributed by atoms with Crippen LogP contribution in [0.15, 0.2) is 31.8 Å². The van der Waals surface area contributed by atoms with Gasteiger partial charge in [0, 0.05) is 60.6 Å². The number of sulfonamides is 2. The van der Waals surface area contributed by atoms with Crippen molar-refractivity contribution in [1.29, 1.82) is 0 Å². The Morgan fingerprint density at radius 2 is 0.908 bits per heavy atom. The number of nitrogens with one attached hydrogen (secondary N) is 1. The zero-order valence-corrected chi connectivity index (χ0v) is 52.3. The molecule has 3 aromatic heterocycles. The Labute approximate surface area is 462 Å². The average molecular weight is 1160 g/mol. The largest absolute Gasteiger partial charge is 0.361 e. The van der Waals surface area contributed by atoms with Crippen molar-refractivity contribution in [2.45, 2.75) is 173 Å². The smallest absolute Gasteiger partial charge is 0.211 e. The van der Waals surface area contributed by atoms with Crippen molar-refractivity contribution >= 4 is 70.8 Å². The molecule has 3 aliphatic rings. The molecule has 18 nitrogen and oxygen atoms in total. The van der Waals surface area contributed by atoms with Crippen molar-refractivity contribution in [2.75, 3.05) is 69.0 Å². The Morgan fingerprint density at radius 1 is 0.553 bits per heavy atom. The molecule has 3 fully saturated rings. The van der Waals surface area contributed by atoms with Crippen molar-refractivity contribution in [3.05, 3.63) is 52.6 Å². The molecule has 6 heterocycles. The van der Waals surface area contributed by atoms with E-state index < -0.39 is 45.2 Å². The van der Waals surface area contributed by atoms with Crippen LogP contribution < -0.4 is 5.32 Å². The van der Waals surface area contributed by atoms with Crippen LogP contribution in [0.3, 0.4) is 0 Å². The summed E-state index contributed by atoms with van der Waals surface area (Å²) in [4.78, 5) is 38.1. The molecule has 0 aliphatic carbocycles. The van der Waals surface area contributed by atoms with Crippen LogP contribution >= 0.6 is 23.5 Å². The van der Waals surface area contributed by atoms with E-state index >= 15 is 0 Å². The predicted octanol–water partition coefficient (Wildman–Crippen LogP) is 7.64. The molecular weight excluding hydrogens is 1070 g/mol. The Kier molecular flexibility index (Phi) is 21.8. The molecule has 23 heteroatoms. The van der Waals surface area contributed by atoms with E-state index in [4.69, 9.17) is 13.6 Å². The van der Waals surface area contributed by atoms with Crippen LogP contribution in [0.4, 0.5) is 0 Å². The van der Waals surface area contributed by atoms with Crippen LogP contribution in [0.1, 0.15) is 157 Å². The number of carbonyl (C=O) groups excluding carboxylic acids is 3. The maximum Gasteiger partial charge on any atom is 0.211 e. The summed E-state index contributed by atoms with van der Waals surface area (Å²) in [5, 5.41) is 15.4. The predicted molar refractivity (Wildman–Crippen MR) is 303 cm³/mol. The molecule has 3 aliphatic heterocycles. The summed E-state index contributed by atoms with van der Waals surface area (Å²) in [6.07, 6.45) is 5.36. The van der Waals surface area contributed by atoms with E-state index in [1.807, 2.05) is 81.4 Å². The molecule has 0 aromatic carbocycles. The van der Waals surface area contributed by atoms with E-state index in [1.165, 1.54) is 35.1 Å². The molecule has 1 N–H and O–H groups in total. The van der Waals surface area contributed by atoms with E-state index in [0.29, 0.717) is 61.5 Å². The number of nitrogens with zero attached hydrogens (tertiary/aromatic N) is 5.